The number of carboxylic acids is 1. The molecule has 0 radical (unpaired) electrons. The average Bonchev–Trinajstić information content (AvgIpc) is 4.58. The van der Waals surface area contributed by atoms with Crippen LogP contribution in [-0.2, 0) is 80.8 Å². The van der Waals surface area contributed by atoms with E-state index in [1.54, 1.807) is 24.3 Å². The fourth-order valence-corrected chi connectivity index (χ4v) is 10.7. The number of pyridine rings is 2. The first kappa shape index (κ1) is 59.0. The van der Waals surface area contributed by atoms with E-state index in [1.165, 1.54) is 12.1 Å². The standard InChI is InChI=1S/C28H34BrFN6O3.C21H29N5O4.C7H7BrFN/c1-3-23-19(24(34-18-7-11-39-12-8-18)20-16-33-36(4-2)25(20)35-23)15-32-27(38)28(9-10-28)26(37)31-14-17-5-6-22(30)21(29)13-17;1-3-16-14(11-22-19(27)21(7-8-21)20(28)29)17(24-13-5-9-30-10-6-13)15-12-23-26(4-2)18(15)25-16;8-6-3-5(4-10)1-2-7(6)9/h5-6,13,16,18H,3-4,7-12,14-15H2,1-2H3,(H,31,37)(H,32,38)(H,34,35);12-13H,3-11H2,1-2H3,(H,22,27)(H,24,25)(H,28,29);1-3H,4,10H2. The van der Waals surface area contributed by atoms with Crippen LogP contribution in [0, 0.1) is 22.5 Å². The molecule has 4 aromatic heterocycles. The fraction of sp³-hybridized carbons (Fsp3) is 0.500. The fourth-order valence-electron chi connectivity index (χ4n) is 9.89. The second-order valence-electron chi connectivity index (χ2n) is 20.2. The topological polar surface area (TPSA) is 255 Å². The molecular weight excluding hydrogens is 1150 g/mol. The van der Waals surface area contributed by atoms with Gasteiger partial charge in [-0.3, -0.25) is 19.2 Å². The maximum absolute atomic E-state index is 13.5. The molecule has 6 heterocycles. The molecule has 2 aliphatic carbocycles. The Hall–Kier alpha value is -6.14. The molecule has 4 aliphatic rings. The Morgan fingerprint density at radius 3 is 1.43 bits per heavy atom. The molecule has 424 valence electrons. The molecule has 79 heavy (non-hydrogen) atoms. The van der Waals surface area contributed by atoms with E-state index in [1.807, 2.05) is 49.5 Å². The maximum Gasteiger partial charge on any atom is 0.319 e. The number of halogens is 4. The van der Waals surface area contributed by atoms with Gasteiger partial charge in [0.25, 0.3) is 0 Å². The van der Waals surface area contributed by atoms with Crippen LogP contribution in [0.2, 0.25) is 0 Å². The van der Waals surface area contributed by atoms with Crippen molar-refractivity contribution in [2.45, 2.75) is 143 Å². The monoisotopic (exact) mass is 1220 g/mol. The lowest BCUT2D eigenvalue weighted by atomic mass is 10.0. The predicted octanol–water partition coefficient (Wildman–Crippen LogP) is 8.35. The lowest BCUT2D eigenvalue weighted by Gasteiger charge is -2.27. The first-order valence-electron chi connectivity index (χ1n) is 27.2. The molecule has 19 nitrogen and oxygen atoms in total. The van der Waals surface area contributed by atoms with Crippen molar-refractivity contribution < 1.29 is 42.5 Å². The average molecular weight is 1220 g/mol. The smallest absolute Gasteiger partial charge is 0.319 e. The van der Waals surface area contributed by atoms with E-state index in [0.29, 0.717) is 93.5 Å². The molecule has 0 atom stereocenters. The third-order valence-electron chi connectivity index (χ3n) is 15.1. The van der Waals surface area contributed by atoms with Crippen molar-refractivity contribution in [1.82, 2.24) is 45.5 Å². The summed E-state index contributed by atoms with van der Waals surface area (Å²) < 4.78 is 41.7. The van der Waals surface area contributed by atoms with Gasteiger partial charge < -0.3 is 46.9 Å². The number of carbonyl (C=O) groups excluding carboxylic acids is 3. The Morgan fingerprint density at radius 2 is 1.05 bits per heavy atom. The van der Waals surface area contributed by atoms with E-state index in [2.05, 4.69) is 68.6 Å². The highest BCUT2D eigenvalue weighted by molar-refractivity contribution is 9.10. The number of fused-ring (bicyclic) bond motifs is 2. The van der Waals surface area contributed by atoms with Crippen LogP contribution in [0.3, 0.4) is 0 Å². The van der Waals surface area contributed by atoms with Gasteiger partial charge in [0.15, 0.2) is 11.3 Å². The van der Waals surface area contributed by atoms with E-state index >= 15 is 0 Å². The summed E-state index contributed by atoms with van der Waals surface area (Å²) in [5.41, 5.74) is 11.8. The molecule has 23 heteroatoms. The zero-order chi connectivity index (χ0) is 56.4. The number of aryl methyl sites for hydroxylation is 4. The second-order valence-corrected chi connectivity index (χ2v) is 21.9. The second kappa shape index (κ2) is 26.4. The number of anilines is 2. The molecule has 3 amide bonds. The van der Waals surface area contributed by atoms with Gasteiger partial charge in [0.05, 0.1) is 43.5 Å². The van der Waals surface area contributed by atoms with Gasteiger partial charge in [0.1, 0.15) is 22.5 Å². The summed E-state index contributed by atoms with van der Waals surface area (Å²) in [6.07, 6.45) is 10.4. The first-order chi connectivity index (χ1) is 38.1. The Kier molecular flexibility index (Phi) is 19.7. The molecule has 0 spiro atoms. The highest BCUT2D eigenvalue weighted by Gasteiger charge is 2.57. The third kappa shape index (κ3) is 13.6. The van der Waals surface area contributed by atoms with Crippen LogP contribution in [-0.4, -0.2) is 96.8 Å². The minimum atomic E-state index is -1.26. The SMILES string of the molecule is CCc1nc2c(cnn2CC)c(NC2CCOCC2)c1CNC(=O)C1(C(=O)NCc2ccc(F)c(Br)c2)CC1.CCc1nc2c(cnn2CC)c(NC2CCOCC2)c1CNC(=O)C1(C(=O)O)CC1.NCc1ccc(F)c(Br)c1. The summed E-state index contributed by atoms with van der Waals surface area (Å²) in [5, 5.41) is 36.4. The van der Waals surface area contributed by atoms with E-state index < -0.39 is 22.7 Å². The molecular formula is C56H70Br2F2N12O7. The van der Waals surface area contributed by atoms with Crippen molar-refractivity contribution in [1.29, 1.82) is 0 Å². The van der Waals surface area contributed by atoms with Crippen LogP contribution in [0.15, 0.2) is 57.7 Å². The van der Waals surface area contributed by atoms with Crippen LogP contribution in [0.5, 0.6) is 0 Å². The minimum absolute atomic E-state index is 0.216. The minimum Gasteiger partial charge on any atom is -0.480 e. The molecule has 0 unspecified atom stereocenters. The van der Waals surface area contributed by atoms with Crippen molar-refractivity contribution in [2.75, 3.05) is 37.1 Å². The summed E-state index contributed by atoms with van der Waals surface area (Å²) in [6, 6.07) is 9.84. The molecule has 2 aromatic carbocycles. The lowest BCUT2D eigenvalue weighted by Crippen LogP contribution is -2.42. The van der Waals surface area contributed by atoms with Gasteiger partial charge in [0.2, 0.25) is 17.7 Å². The molecule has 8 N–H and O–H groups in total. The van der Waals surface area contributed by atoms with Crippen LogP contribution in [0.1, 0.15) is 113 Å². The zero-order valence-electron chi connectivity index (χ0n) is 45.1. The van der Waals surface area contributed by atoms with Crippen LogP contribution < -0.4 is 32.3 Å². The number of carbonyl (C=O) groups is 4. The number of aliphatic carboxylic acids is 1. The van der Waals surface area contributed by atoms with E-state index in [0.717, 1.165) is 92.8 Å². The molecule has 6 aromatic rings. The summed E-state index contributed by atoms with van der Waals surface area (Å²) in [6.45, 7) is 13.6. The third-order valence-corrected chi connectivity index (χ3v) is 16.3. The van der Waals surface area contributed by atoms with Gasteiger partial charge in [0, 0.05) is 100 Å². The first-order valence-corrected chi connectivity index (χ1v) is 28.8. The number of benzene rings is 2. The number of aromatic nitrogens is 6. The van der Waals surface area contributed by atoms with Crippen molar-refractivity contribution >= 4 is 89.0 Å². The molecule has 10 rings (SSSR count). The zero-order valence-corrected chi connectivity index (χ0v) is 48.3. The molecule has 4 fully saturated rings. The largest absolute Gasteiger partial charge is 0.480 e. The van der Waals surface area contributed by atoms with Gasteiger partial charge in [-0.25, -0.2) is 28.1 Å². The van der Waals surface area contributed by atoms with Gasteiger partial charge >= 0.3 is 5.97 Å². The van der Waals surface area contributed by atoms with Crippen molar-refractivity contribution in [3.05, 3.63) is 103 Å². The van der Waals surface area contributed by atoms with E-state index in [9.17, 15) is 33.1 Å². The lowest BCUT2D eigenvalue weighted by molar-refractivity contribution is -0.149. The molecule has 2 aliphatic heterocycles. The maximum atomic E-state index is 13.5. The van der Waals surface area contributed by atoms with Gasteiger partial charge in [-0.05, 0) is 145 Å². The molecule has 0 bridgehead atoms. The van der Waals surface area contributed by atoms with E-state index in [-0.39, 0.29) is 55.2 Å². The normalized spacial score (nSPS) is 16.5. The number of rotatable bonds is 19. The van der Waals surface area contributed by atoms with Crippen molar-refractivity contribution in [3.8, 4) is 0 Å². The number of carboxylic acid groups (broad SMARTS) is 1. The number of hydrogen-bond donors (Lipinski definition) is 7. The highest BCUT2D eigenvalue weighted by Crippen LogP contribution is 2.47. The molecule has 2 saturated heterocycles. The predicted molar refractivity (Wildman–Crippen MR) is 303 cm³/mol. The van der Waals surface area contributed by atoms with Crippen molar-refractivity contribution in [3.63, 3.8) is 0 Å². The van der Waals surface area contributed by atoms with Crippen LogP contribution in [0.4, 0.5) is 20.2 Å². The number of nitrogens with two attached hydrogens (primary N) is 1. The van der Waals surface area contributed by atoms with E-state index in [4.69, 9.17) is 25.2 Å². The number of amides is 3. The van der Waals surface area contributed by atoms with Crippen molar-refractivity contribution in [2.24, 2.45) is 16.6 Å². The summed E-state index contributed by atoms with van der Waals surface area (Å²) in [5.74, 6) is -2.68. The van der Waals surface area contributed by atoms with Crippen LogP contribution >= 0.6 is 31.9 Å². The Bertz CT molecular complexity index is 3170. The number of ether oxygens (including phenoxy) is 2. The Labute approximate surface area is 474 Å². The number of nitrogens with one attached hydrogen (secondary N) is 5. The summed E-state index contributed by atoms with van der Waals surface area (Å²) in [4.78, 5) is 60.3. The molecule has 2 saturated carbocycles. The summed E-state index contributed by atoms with van der Waals surface area (Å²) in [7, 11) is 0. The Morgan fingerprint density at radius 1 is 0.646 bits per heavy atom. The van der Waals surface area contributed by atoms with Gasteiger partial charge in [-0.2, -0.15) is 10.2 Å². The number of nitrogens with zero attached hydrogens (tertiary/aromatic N) is 6. The Balaban J connectivity index is 0.000000181. The van der Waals surface area contributed by atoms with Crippen LogP contribution in [0.25, 0.3) is 22.1 Å². The van der Waals surface area contributed by atoms with Gasteiger partial charge in [-0.1, -0.05) is 26.0 Å². The van der Waals surface area contributed by atoms with Gasteiger partial charge in [-0.15, -0.1) is 0 Å². The quantitative estimate of drug-likeness (QED) is 0.0377. The summed E-state index contributed by atoms with van der Waals surface area (Å²) >= 11 is 6.22. The number of hydrogen-bond acceptors (Lipinski definition) is 13. The highest BCUT2D eigenvalue weighted by atomic mass is 79.9.